The Morgan fingerprint density at radius 2 is 2.15 bits per heavy atom. The molecule has 1 aromatic heterocycles. The Morgan fingerprint density at radius 1 is 1.37 bits per heavy atom. The van der Waals surface area contributed by atoms with Crippen LogP contribution in [0, 0.1) is 22.5 Å². The molecule has 3 rings (SSSR count). The Labute approximate surface area is 163 Å². The molecular formula is C19H14ClN3O3S. The lowest BCUT2D eigenvalue weighted by Crippen LogP contribution is -2.17. The van der Waals surface area contributed by atoms with Crippen LogP contribution in [0.15, 0.2) is 41.4 Å². The summed E-state index contributed by atoms with van der Waals surface area (Å²) in [5.74, 6) is 1.81. The van der Waals surface area contributed by atoms with Gasteiger partial charge < -0.3 is 4.57 Å². The summed E-state index contributed by atoms with van der Waals surface area (Å²) in [5, 5.41) is 11.4. The minimum Gasteiger partial charge on any atom is -0.305 e. The van der Waals surface area contributed by atoms with Crippen molar-refractivity contribution >= 4 is 44.7 Å². The van der Waals surface area contributed by atoms with Crippen LogP contribution in [0.1, 0.15) is 22.8 Å². The Kier molecular flexibility index (Phi) is 5.40. The van der Waals surface area contributed by atoms with Gasteiger partial charge in [0.15, 0.2) is 4.80 Å². The van der Waals surface area contributed by atoms with Crippen molar-refractivity contribution in [2.45, 2.75) is 19.9 Å². The van der Waals surface area contributed by atoms with Crippen molar-refractivity contribution in [3.63, 3.8) is 0 Å². The lowest BCUT2D eigenvalue weighted by molar-refractivity contribution is -0.385. The number of halogens is 1. The highest BCUT2D eigenvalue weighted by Gasteiger charge is 2.20. The van der Waals surface area contributed by atoms with Gasteiger partial charge >= 0.3 is 0 Å². The van der Waals surface area contributed by atoms with E-state index < -0.39 is 10.8 Å². The standard InChI is InChI=1S/C19H14ClN3O3S/c1-3-9-22-16-7-5-12(4-2)10-17(16)27-19(22)21-18(24)14-11-13(20)6-8-15(14)23(25)26/h1,5-8,10-11H,4,9H2,2H3. The molecule has 0 N–H and O–H groups in total. The van der Waals surface area contributed by atoms with Gasteiger partial charge in [-0.2, -0.15) is 4.99 Å². The number of amides is 1. The first kappa shape index (κ1) is 18.8. The molecule has 2 aromatic carbocycles. The van der Waals surface area contributed by atoms with E-state index in [-0.39, 0.29) is 22.8 Å². The van der Waals surface area contributed by atoms with E-state index in [9.17, 15) is 14.9 Å². The van der Waals surface area contributed by atoms with Crippen LogP contribution in [-0.4, -0.2) is 15.4 Å². The minimum atomic E-state index is -0.739. The van der Waals surface area contributed by atoms with Gasteiger partial charge in [-0.05, 0) is 36.2 Å². The molecule has 0 radical (unpaired) electrons. The number of hydrogen-bond donors (Lipinski definition) is 0. The quantitative estimate of drug-likeness (QED) is 0.374. The Hall–Kier alpha value is -2.95. The smallest absolute Gasteiger partial charge is 0.286 e. The van der Waals surface area contributed by atoms with Crippen molar-refractivity contribution in [3.8, 4) is 12.3 Å². The van der Waals surface area contributed by atoms with Gasteiger partial charge in [0.05, 0.1) is 21.7 Å². The average Bonchev–Trinajstić information content (AvgIpc) is 2.98. The van der Waals surface area contributed by atoms with E-state index in [0.717, 1.165) is 22.2 Å². The van der Waals surface area contributed by atoms with Crippen LogP contribution in [0.2, 0.25) is 5.02 Å². The molecular weight excluding hydrogens is 386 g/mol. The molecule has 0 unspecified atom stereocenters. The summed E-state index contributed by atoms with van der Waals surface area (Å²) in [5.41, 5.74) is 1.51. The van der Waals surface area contributed by atoms with E-state index in [1.807, 2.05) is 18.2 Å². The number of hydrogen-bond acceptors (Lipinski definition) is 4. The van der Waals surface area contributed by atoms with Gasteiger partial charge in [-0.15, -0.1) is 6.42 Å². The molecule has 0 saturated heterocycles. The van der Waals surface area contributed by atoms with E-state index in [4.69, 9.17) is 18.0 Å². The molecule has 6 nitrogen and oxygen atoms in total. The van der Waals surface area contributed by atoms with Crippen LogP contribution < -0.4 is 4.80 Å². The van der Waals surface area contributed by atoms with Gasteiger partial charge in [0.2, 0.25) is 0 Å². The number of nitro groups is 1. The number of nitrogens with zero attached hydrogens (tertiary/aromatic N) is 3. The summed E-state index contributed by atoms with van der Waals surface area (Å²) in [6.07, 6.45) is 6.34. The van der Waals surface area contributed by atoms with Crippen LogP contribution >= 0.6 is 22.9 Å². The summed E-state index contributed by atoms with van der Waals surface area (Å²) in [6, 6.07) is 9.76. The second-order valence-electron chi connectivity index (χ2n) is 5.67. The summed E-state index contributed by atoms with van der Waals surface area (Å²) in [7, 11) is 0. The number of fused-ring (bicyclic) bond motifs is 1. The average molecular weight is 400 g/mol. The number of thiazole rings is 1. The van der Waals surface area contributed by atoms with Crippen molar-refractivity contribution in [2.75, 3.05) is 0 Å². The van der Waals surface area contributed by atoms with Crippen molar-refractivity contribution in [1.29, 1.82) is 0 Å². The number of nitro benzene ring substituents is 1. The second-order valence-corrected chi connectivity index (χ2v) is 7.11. The summed E-state index contributed by atoms with van der Waals surface area (Å²) < 4.78 is 2.69. The zero-order valence-corrected chi connectivity index (χ0v) is 15.9. The SMILES string of the molecule is C#CCn1c(=NC(=O)c2cc(Cl)ccc2[N+](=O)[O-])sc2cc(CC)ccc21. The number of carbonyl (C=O) groups is 1. The molecule has 0 bridgehead atoms. The molecule has 0 atom stereocenters. The molecule has 0 aliphatic heterocycles. The normalized spacial score (nSPS) is 11.5. The van der Waals surface area contributed by atoms with Crippen LogP contribution in [0.25, 0.3) is 10.2 Å². The molecule has 0 saturated carbocycles. The number of terminal acetylenes is 1. The lowest BCUT2D eigenvalue weighted by atomic mass is 10.1. The maximum Gasteiger partial charge on any atom is 0.286 e. The molecule has 8 heteroatoms. The fourth-order valence-electron chi connectivity index (χ4n) is 2.65. The first-order chi connectivity index (χ1) is 12.9. The third-order valence-electron chi connectivity index (χ3n) is 3.99. The number of carbonyl (C=O) groups excluding carboxylic acids is 1. The topological polar surface area (TPSA) is 77.5 Å². The van der Waals surface area contributed by atoms with Gasteiger partial charge in [-0.1, -0.05) is 41.8 Å². The van der Waals surface area contributed by atoms with E-state index in [0.29, 0.717) is 4.80 Å². The first-order valence-electron chi connectivity index (χ1n) is 8.03. The second kappa shape index (κ2) is 7.74. The van der Waals surface area contributed by atoms with Gasteiger partial charge in [0.25, 0.3) is 11.6 Å². The summed E-state index contributed by atoms with van der Waals surface area (Å²) >= 11 is 7.21. The predicted octanol–water partition coefficient (Wildman–Crippen LogP) is 4.20. The molecule has 27 heavy (non-hydrogen) atoms. The number of benzene rings is 2. The largest absolute Gasteiger partial charge is 0.305 e. The molecule has 0 spiro atoms. The van der Waals surface area contributed by atoms with E-state index in [2.05, 4.69) is 17.8 Å². The fourth-order valence-corrected chi connectivity index (χ4v) is 3.92. The zero-order chi connectivity index (χ0) is 19.6. The Balaban J connectivity index is 2.20. The van der Waals surface area contributed by atoms with E-state index >= 15 is 0 Å². The van der Waals surface area contributed by atoms with Gasteiger partial charge in [-0.25, -0.2) is 0 Å². The molecule has 0 aliphatic carbocycles. The third-order valence-corrected chi connectivity index (χ3v) is 5.26. The van der Waals surface area contributed by atoms with Crippen molar-refractivity contribution in [1.82, 2.24) is 4.57 Å². The van der Waals surface area contributed by atoms with Crippen LogP contribution in [0.3, 0.4) is 0 Å². The van der Waals surface area contributed by atoms with Crippen LogP contribution in [0.5, 0.6) is 0 Å². The number of rotatable bonds is 4. The predicted molar refractivity (Wildman–Crippen MR) is 106 cm³/mol. The monoisotopic (exact) mass is 399 g/mol. The minimum absolute atomic E-state index is 0.161. The van der Waals surface area contributed by atoms with E-state index in [1.54, 1.807) is 4.57 Å². The Morgan fingerprint density at radius 3 is 2.81 bits per heavy atom. The van der Waals surface area contributed by atoms with Crippen molar-refractivity contribution in [3.05, 3.63) is 67.5 Å². The van der Waals surface area contributed by atoms with Gasteiger partial charge in [-0.3, -0.25) is 14.9 Å². The first-order valence-corrected chi connectivity index (χ1v) is 9.22. The molecule has 0 fully saturated rings. The maximum absolute atomic E-state index is 12.7. The number of aromatic nitrogens is 1. The maximum atomic E-state index is 12.7. The summed E-state index contributed by atoms with van der Waals surface area (Å²) in [6.45, 7) is 2.28. The third kappa shape index (κ3) is 3.77. The zero-order valence-electron chi connectivity index (χ0n) is 14.3. The van der Waals surface area contributed by atoms with Crippen molar-refractivity contribution in [2.24, 2.45) is 4.99 Å². The van der Waals surface area contributed by atoms with Crippen LogP contribution in [0.4, 0.5) is 5.69 Å². The molecule has 3 aromatic rings. The highest BCUT2D eigenvalue weighted by molar-refractivity contribution is 7.16. The number of aryl methyl sites for hydroxylation is 1. The fraction of sp³-hybridized carbons (Fsp3) is 0.158. The highest BCUT2D eigenvalue weighted by Crippen LogP contribution is 2.24. The lowest BCUT2D eigenvalue weighted by Gasteiger charge is -2.01. The molecule has 0 aliphatic rings. The molecule has 1 amide bonds. The molecule has 136 valence electrons. The highest BCUT2D eigenvalue weighted by atomic mass is 35.5. The Bertz CT molecular complexity index is 1170. The van der Waals surface area contributed by atoms with Gasteiger partial charge in [0, 0.05) is 11.1 Å². The van der Waals surface area contributed by atoms with Crippen LogP contribution in [-0.2, 0) is 13.0 Å². The molecule has 1 heterocycles. The van der Waals surface area contributed by atoms with E-state index in [1.165, 1.54) is 29.5 Å². The summed E-state index contributed by atoms with van der Waals surface area (Å²) in [4.78, 5) is 27.7. The van der Waals surface area contributed by atoms with Crippen molar-refractivity contribution < 1.29 is 9.72 Å². The van der Waals surface area contributed by atoms with Gasteiger partial charge in [0.1, 0.15) is 5.56 Å².